The highest BCUT2D eigenvalue weighted by molar-refractivity contribution is 5.96. The summed E-state index contributed by atoms with van der Waals surface area (Å²) in [6, 6.07) is 3.78. The first kappa shape index (κ1) is 17.2. The van der Waals surface area contributed by atoms with Crippen LogP contribution in [0.25, 0.3) is 0 Å². The van der Waals surface area contributed by atoms with E-state index in [0.29, 0.717) is 31.6 Å². The van der Waals surface area contributed by atoms with Crippen molar-refractivity contribution in [3.63, 3.8) is 0 Å². The average Bonchev–Trinajstić information content (AvgIpc) is 3.02. The maximum absolute atomic E-state index is 13.3. The van der Waals surface area contributed by atoms with E-state index in [1.807, 2.05) is 13.8 Å². The molecule has 2 aliphatic heterocycles. The SMILES string of the molecule is CC1=NOC(C(=O)N2CCN(C(=O)c3ccc(F)c(N)c3)C(C)C2)C1. The maximum Gasteiger partial charge on any atom is 0.267 e. The number of carbonyl (C=O) groups excluding carboxylic acids is 2. The molecule has 1 aromatic rings. The summed E-state index contributed by atoms with van der Waals surface area (Å²) in [6.45, 7) is 4.93. The lowest BCUT2D eigenvalue weighted by Gasteiger charge is -2.40. The number of benzene rings is 1. The Bertz CT molecular complexity index is 737. The van der Waals surface area contributed by atoms with Gasteiger partial charge in [-0.05, 0) is 32.0 Å². The van der Waals surface area contributed by atoms with E-state index < -0.39 is 11.9 Å². The Labute approximate surface area is 145 Å². The van der Waals surface area contributed by atoms with E-state index >= 15 is 0 Å². The number of nitrogens with zero attached hydrogens (tertiary/aromatic N) is 3. The lowest BCUT2D eigenvalue weighted by atomic mass is 10.1. The molecule has 1 fully saturated rings. The minimum atomic E-state index is -0.564. The number of rotatable bonds is 2. The van der Waals surface area contributed by atoms with Gasteiger partial charge in [-0.25, -0.2) is 4.39 Å². The van der Waals surface area contributed by atoms with Crippen LogP contribution >= 0.6 is 0 Å². The molecule has 0 aliphatic carbocycles. The van der Waals surface area contributed by atoms with Gasteiger partial charge in [0.1, 0.15) is 5.82 Å². The molecule has 7 nitrogen and oxygen atoms in total. The number of nitrogen functional groups attached to an aromatic ring is 1. The molecule has 2 atom stereocenters. The molecule has 2 aliphatic rings. The van der Waals surface area contributed by atoms with Crippen molar-refractivity contribution in [3.8, 4) is 0 Å². The van der Waals surface area contributed by atoms with E-state index in [-0.39, 0.29) is 23.5 Å². The third-order valence-corrected chi connectivity index (χ3v) is 4.54. The Morgan fingerprint density at radius 2 is 2.12 bits per heavy atom. The Kier molecular flexibility index (Phi) is 4.61. The maximum atomic E-state index is 13.3. The van der Waals surface area contributed by atoms with Crippen molar-refractivity contribution in [2.75, 3.05) is 25.4 Å². The monoisotopic (exact) mass is 348 g/mol. The van der Waals surface area contributed by atoms with Crippen molar-refractivity contribution < 1.29 is 18.8 Å². The fourth-order valence-electron chi connectivity index (χ4n) is 3.13. The number of nitrogens with two attached hydrogens (primary N) is 1. The van der Waals surface area contributed by atoms with Crippen molar-refractivity contribution in [1.29, 1.82) is 0 Å². The van der Waals surface area contributed by atoms with Gasteiger partial charge >= 0.3 is 0 Å². The summed E-state index contributed by atoms with van der Waals surface area (Å²) in [4.78, 5) is 33.7. The van der Waals surface area contributed by atoms with Crippen LogP contribution in [0.4, 0.5) is 10.1 Å². The minimum Gasteiger partial charge on any atom is -0.396 e. The predicted octanol–water partition coefficient (Wildman–Crippen LogP) is 1.25. The Balaban J connectivity index is 1.64. The van der Waals surface area contributed by atoms with Gasteiger partial charge in [-0.2, -0.15) is 0 Å². The number of piperazine rings is 1. The van der Waals surface area contributed by atoms with Gasteiger partial charge in [0, 0.05) is 37.7 Å². The molecule has 1 aromatic carbocycles. The van der Waals surface area contributed by atoms with Gasteiger partial charge in [0.2, 0.25) is 6.10 Å². The first-order valence-electron chi connectivity index (χ1n) is 8.21. The van der Waals surface area contributed by atoms with Crippen molar-refractivity contribution in [2.45, 2.75) is 32.4 Å². The Morgan fingerprint density at radius 3 is 2.72 bits per heavy atom. The van der Waals surface area contributed by atoms with Crippen LogP contribution in [0.2, 0.25) is 0 Å². The number of carbonyl (C=O) groups is 2. The molecule has 2 N–H and O–H groups in total. The van der Waals surface area contributed by atoms with Gasteiger partial charge in [-0.1, -0.05) is 5.16 Å². The molecule has 0 spiro atoms. The third kappa shape index (κ3) is 3.42. The van der Waals surface area contributed by atoms with E-state index in [1.54, 1.807) is 9.80 Å². The largest absolute Gasteiger partial charge is 0.396 e. The van der Waals surface area contributed by atoms with Crippen molar-refractivity contribution >= 4 is 23.2 Å². The van der Waals surface area contributed by atoms with Gasteiger partial charge < -0.3 is 20.4 Å². The highest BCUT2D eigenvalue weighted by atomic mass is 19.1. The Hall–Kier alpha value is -2.64. The smallest absolute Gasteiger partial charge is 0.267 e. The second-order valence-electron chi connectivity index (χ2n) is 6.49. The fraction of sp³-hybridized carbons (Fsp3) is 0.471. The van der Waals surface area contributed by atoms with Gasteiger partial charge in [-0.3, -0.25) is 9.59 Å². The number of oxime groups is 1. The van der Waals surface area contributed by atoms with E-state index in [0.717, 1.165) is 5.71 Å². The van der Waals surface area contributed by atoms with Gasteiger partial charge in [0.15, 0.2) is 0 Å². The van der Waals surface area contributed by atoms with E-state index in [4.69, 9.17) is 10.6 Å². The van der Waals surface area contributed by atoms with Crippen LogP contribution in [-0.4, -0.2) is 59.1 Å². The van der Waals surface area contributed by atoms with Crippen LogP contribution in [0.15, 0.2) is 23.4 Å². The summed E-state index contributed by atoms with van der Waals surface area (Å²) < 4.78 is 13.3. The van der Waals surface area contributed by atoms with E-state index in [1.165, 1.54) is 18.2 Å². The Morgan fingerprint density at radius 1 is 1.36 bits per heavy atom. The second-order valence-corrected chi connectivity index (χ2v) is 6.49. The molecule has 2 heterocycles. The van der Waals surface area contributed by atoms with Gasteiger partial charge in [0.05, 0.1) is 11.4 Å². The van der Waals surface area contributed by atoms with E-state index in [9.17, 15) is 14.0 Å². The van der Waals surface area contributed by atoms with Crippen molar-refractivity contribution in [3.05, 3.63) is 29.6 Å². The molecule has 0 bridgehead atoms. The molecular formula is C17H21FN4O3. The minimum absolute atomic E-state index is 0.0546. The number of hydrogen-bond donors (Lipinski definition) is 1. The molecule has 25 heavy (non-hydrogen) atoms. The first-order chi connectivity index (χ1) is 11.9. The molecule has 134 valence electrons. The number of hydrogen-bond acceptors (Lipinski definition) is 5. The molecule has 2 amide bonds. The van der Waals surface area contributed by atoms with E-state index in [2.05, 4.69) is 5.16 Å². The summed E-state index contributed by atoms with van der Waals surface area (Å²) >= 11 is 0. The molecule has 0 radical (unpaired) electrons. The highest BCUT2D eigenvalue weighted by Crippen LogP contribution is 2.20. The van der Waals surface area contributed by atoms with Crippen LogP contribution in [0.1, 0.15) is 30.6 Å². The first-order valence-corrected chi connectivity index (χ1v) is 8.21. The zero-order chi connectivity index (χ0) is 18.1. The lowest BCUT2D eigenvalue weighted by Crippen LogP contribution is -2.57. The summed E-state index contributed by atoms with van der Waals surface area (Å²) in [7, 11) is 0. The molecule has 3 rings (SSSR count). The van der Waals surface area contributed by atoms with Crippen molar-refractivity contribution in [1.82, 2.24) is 9.80 Å². The number of halogens is 1. The summed E-state index contributed by atoms with van der Waals surface area (Å²) in [5.74, 6) is -0.873. The van der Waals surface area contributed by atoms with Crippen LogP contribution in [0.5, 0.6) is 0 Å². The fourth-order valence-corrected chi connectivity index (χ4v) is 3.13. The van der Waals surface area contributed by atoms with Crippen LogP contribution in [0, 0.1) is 5.82 Å². The molecule has 8 heteroatoms. The third-order valence-electron chi connectivity index (χ3n) is 4.54. The zero-order valence-electron chi connectivity index (χ0n) is 14.2. The predicted molar refractivity (Wildman–Crippen MR) is 90.5 cm³/mol. The van der Waals surface area contributed by atoms with Gasteiger partial charge in [0.25, 0.3) is 11.8 Å². The normalized spacial score (nSPS) is 23.2. The van der Waals surface area contributed by atoms with Crippen LogP contribution in [-0.2, 0) is 9.63 Å². The summed E-state index contributed by atoms with van der Waals surface area (Å²) in [5, 5.41) is 3.81. The van der Waals surface area contributed by atoms with Gasteiger partial charge in [-0.15, -0.1) is 0 Å². The van der Waals surface area contributed by atoms with Crippen LogP contribution in [0.3, 0.4) is 0 Å². The van der Waals surface area contributed by atoms with Crippen LogP contribution < -0.4 is 5.73 Å². The molecule has 0 aromatic heterocycles. The average molecular weight is 348 g/mol. The molecular weight excluding hydrogens is 327 g/mol. The van der Waals surface area contributed by atoms with Crippen molar-refractivity contribution in [2.24, 2.45) is 5.16 Å². The summed E-state index contributed by atoms with van der Waals surface area (Å²) in [6.07, 6.45) is -0.0624. The molecule has 0 saturated carbocycles. The molecule has 2 unspecified atom stereocenters. The quantitative estimate of drug-likeness (QED) is 0.815. The lowest BCUT2D eigenvalue weighted by molar-refractivity contribution is -0.144. The second kappa shape index (κ2) is 6.70. The standard InChI is InChI=1S/C17H21FN4O3/c1-10-7-15(25-20-10)17(24)21-5-6-22(11(2)9-21)16(23)12-3-4-13(18)14(19)8-12/h3-4,8,11,15H,5-7,9,19H2,1-2H3. The summed E-state index contributed by atoms with van der Waals surface area (Å²) in [5.41, 5.74) is 6.63. The number of anilines is 1. The molecule has 1 saturated heterocycles. The zero-order valence-corrected chi connectivity index (χ0v) is 14.2. The topological polar surface area (TPSA) is 88.2 Å². The highest BCUT2D eigenvalue weighted by Gasteiger charge is 2.35. The number of amides is 2.